The van der Waals surface area contributed by atoms with Gasteiger partial charge in [-0.15, -0.1) is 0 Å². The first kappa shape index (κ1) is 18.4. The number of benzene rings is 1. The molecule has 1 aromatic carbocycles. The molecule has 0 spiro atoms. The van der Waals surface area contributed by atoms with Crippen molar-refractivity contribution in [2.75, 3.05) is 38.0 Å². The number of aryl methyl sites for hydroxylation is 2. The highest BCUT2D eigenvalue weighted by atomic mass is 16.2. The summed E-state index contributed by atoms with van der Waals surface area (Å²) in [4.78, 5) is 39.1. The van der Waals surface area contributed by atoms with Crippen molar-refractivity contribution in [3.8, 4) is 0 Å². The number of anilines is 1. The number of rotatable bonds is 4. The Balaban J connectivity index is 1.47. The highest BCUT2D eigenvalue weighted by Crippen LogP contribution is 2.18. The molecule has 0 aliphatic carbocycles. The number of quaternary nitrogens is 1. The van der Waals surface area contributed by atoms with Crippen molar-refractivity contribution in [1.29, 1.82) is 0 Å². The standard InChI is InChI=1S/C19H26N4O3/c1-13-4-3-5-14(2)18(13)21-17(25)12-22-8-10-23(11-9-22)19(26)15-6-7-16(24)20-15/h3-5,15H,6-12H2,1-2H3,(H,20,24)(H,21,25)/p+1/t15-/m0/s1. The predicted octanol–water partition coefficient (Wildman–Crippen LogP) is -0.752. The minimum Gasteiger partial charge on any atom is -0.344 e. The van der Waals surface area contributed by atoms with Crippen molar-refractivity contribution in [1.82, 2.24) is 10.2 Å². The number of hydrogen-bond acceptors (Lipinski definition) is 3. The second-order valence-electron chi connectivity index (χ2n) is 7.23. The van der Waals surface area contributed by atoms with Crippen LogP contribution in [0.1, 0.15) is 24.0 Å². The zero-order valence-corrected chi connectivity index (χ0v) is 15.4. The van der Waals surface area contributed by atoms with Crippen molar-refractivity contribution in [3.63, 3.8) is 0 Å². The number of piperazine rings is 1. The number of carbonyl (C=O) groups excluding carboxylic acids is 3. The van der Waals surface area contributed by atoms with E-state index < -0.39 is 0 Å². The lowest BCUT2D eigenvalue weighted by Gasteiger charge is -2.33. The van der Waals surface area contributed by atoms with Gasteiger partial charge in [0.05, 0.1) is 26.2 Å². The molecule has 2 aliphatic rings. The van der Waals surface area contributed by atoms with E-state index in [1.54, 1.807) is 0 Å². The second-order valence-corrected chi connectivity index (χ2v) is 7.23. The summed E-state index contributed by atoms with van der Waals surface area (Å²) < 4.78 is 0. The molecule has 140 valence electrons. The molecule has 0 saturated carbocycles. The predicted molar refractivity (Wildman–Crippen MR) is 97.9 cm³/mol. The first-order chi connectivity index (χ1) is 12.4. The number of amides is 3. The molecule has 0 aromatic heterocycles. The van der Waals surface area contributed by atoms with Crippen molar-refractivity contribution in [2.24, 2.45) is 0 Å². The summed E-state index contributed by atoms with van der Waals surface area (Å²) in [7, 11) is 0. The lowest BCUT2D eigenvalue weighted by Crippen LogP contribution is -3.15. The van der Waals surface area contributed by atoms with Crippen molar-refractivity contribution in [2.45, 2.75) is 32.7 Å². The number of carbonyl (C=O) groups is 3. The molecule has 3 amide bonds. The van der Waals surface area contributed by atoms with Crippen molar-refractivity contribution >= 4 is 23.4 Å². The van der Waals surface area contributed by atoms with Crippen LogP contribution in [0.15, 0.2) is 18.2 Å². The third kappa shape index (κ3) is 4.22. The quantitative estimate of drug-likeness (QED) is 0.661. The van der Waals surface area contributed by atoms with Crippen LogP contribution in [0.3, 0.4) is 0 Å². The molecule has 7 nitrogen and oxygen atoms in total. The number of hydrogen-bond donors (Lipinski definition) is 3. The summed E-state index contributed by atoms with van der Waals surface area (Å²) in [6.07, 6.45) is 1.02. The summed E-state index contributed by atoms with van der Waals surface area (Å²) >= 11 is 0. The first-order valence-electron chi connectivity index (χ1n) is 9.22. The van der Waals surface area contributed by atoms with E-state index in [-0.39, 0.29) is 23.8 Å². The highest BCUT2D eigenvalue weighted by Gasteiger charge is 2.33. The zero-order chi connectivity index (χ0) is 18.7. The Kier molecular flexibility index (Phi) is 5.56. The van der Waals surface area contributed by atoms with Gasteiger partial charge in [0, 0.05) is 12.1 Å². The minimum absolute atomic E-state index is 0.000216. The second kappa shape index (κ2) is 7.86. The average molecular weight is 359 g/mol. The number of nitrogens with one attached hydrogen (secondary N) is 3. The van der Waals surface area contributed by atoms with Crippen LogP contribution in [-0.2, 0) is 14.4 Å². The molecule has 0 unspecified atom stereocenters. The molecule has 2 saturated heterocycles. The van der Waals surface area contributed by atoms with Gasteiger partial charge in [-0.1, -0.05) is 18.2 Å². The molecule has 2 heterocycles. The van der Waals surface area contributed by atoms with Gasteiger partial charge < -0.3 is 20.4 Å². The highest BCUT2D eigenvalue weighted by molar-refractivity contribution is 5.93. The van der Waals surface area contributed by atoms with E-state index in [2.05, 4.69) is 10.6 Å². The SMILES string of the molecule is Cc1cccc(C)c1NC(=O)C[NH+]1CCN(C(=O)[C@@H]2CCC(=O)N2)CC1. The van der Waals surface area contributed by atoms with Gasteiger partial charge in [-0.2, -0.15) is 0 Å². The fraction of sp³-hybridized carbons (Fsp3) is 0.526. The maximum absolute atomic E-state index is 12.4. The molecule has 2 fully saturated rings. The third-order valence-electron chi connectivity index (χ3n) is 5.23. The molecule has 3 rings (SSSR count). The molecule has 2 aliphatic heterocycles. The Hall–Kier alpha value is -2.41. The van der Waals surface area contributed by atoms with Gasteiger partial charge >= 0.3 is 0 Å². The van der Waals surface area contributed by atoms with Crippen molar-refractivity contribution < 1.29 is 19.3 Å². The van der Waals surface area contributed by atoms with E-state index in [0.717, 1.165) is 29.9 Å². The molecule has 1 atom stereocenters. The van der Waals surface area contributed by atoms with Crippen LogP contribution in [0.25, 0.3) is 0 Å². The summed E-state index contributed by atoms with van der Waals surface area (Å²) in [5.41, 5.74) is 3.01. The van der Waals surface area contributed by atoms with Gasteiger partial charge in [-0.3, -0.25) is 14.4 Å². The molecule has 1 aromatic rings. The molecule has 3 N–H and O–H groups in total. The average Bonchev–Trinajstić information content (AvgIpc) is 3.05. The van der Waals surface area contributed by atoms with E-state index >= 15 is 0 Å². The lowest BCUT2D eigenvalue weighted by atomic mass is 10.1. The van der Waals surface area contributed by atoms with Gasteiger partial charge in [-0.25, -0.2) is 0 Å². The molecule has 0 radical (unpaired) electrons. The van der Waals surface area contributed by atoms with E-state index in [9.17, 15) is 14.4 Å². The van der Waals surface area contributed by atoms with Crippen LogP contribution in [0.2, 0.25) is 0 Å². The van der Waals surface area contributed by atoms with Crippen LogP contribution in [0.5, 0.6) is 0 Å². The maximum Gasteiger partial charge on any atom is 0.279 e. The van der Waals surface area contributed by atoms with Gasteiger partial charge in [-0.05, 0) is 31.4 Å². The van der Waals surface area contributed by atoms with Crippen LogP contribution in [0.4, 0.5) is 5.69 Å². The van der Waals surface area contributed by atoms with E-state index in [1.165, 1.54) is 4.90 Å². The van der Waals surface area contributed by atoms with E-state index in [0.29, 0.717) is 32.5 Å². The molecule has 7 heteroatoms. The first-order valence-corrected chi connectivity index (χ1v) is 9.22. The third-order valence-corrected chi connectivity index (χ3v) is 5.23. The fourth-order valence-corrected chi connectivity index (χ4v) is 3.66. The minimum atomic E-state index is -0.364. The summed E-state index contributed by atoms with van der Waals surface area (Å²) in [5, 5.41) is 5.75. The fourth-order valence-electron chi connectivity index (χ4n) is 3.66. The van der Waals surface area contributed by atoms with Gasteiger partial charge in [0.25, 0.3) is 5.91 Å². The maximum atomic E-state index is 12.4. The topological polar surface area (TPSA) is 83.0 Å². The zero-order valence-electron chi connectivity index (χ0n) is 15.4. The van der Waals surface area contributed by atoms with Gasteiger partial charge in [0.1, 0.15) is 6.04 Å². The van der Waals surface area contributed by atoms with Crippen LogP contribution in [-0.4, -0.2) is 61.4 Å². The van der Waals surface area contributed by atoms with Crippen LogP contribution in [0, 0.1) is 13.8 Å². The van der Waals surface area contributed by atoms with Gasteiger partial charge in [0.15, 0.2) is 6.54 Å². The molecule has 26 heavy (non-hydrogen) atoms. The lowest BCUT2D eigenvalue weighted by molar-refractivity contribution is -0.895. The Labute approximate surface area is 153 Å². The van der Waals surface area contributed by atoms with Crippen LogP contribution < -0.4 is 15.5 Å². The Morgan fingerprint density at radius 1 is 1.23 bits per heavy atom. The Morgan fingerprint density at radius 3 is 2.46 bits per heavy atom. The van der Waals surface area contributed by atoms with E-state index in [4.69, 9.17) is 0 Å². The molecule has 0 bridgehead atoms. The van der Waals surface area contributed by atoms with Crippen molar-refractivity contribution in [3.05, 3.63) is 29.3 Å². The van der Waals surface area contributed by atoms with Gasteiger partial charge in [0.2, 0.25) is 11.8 Å². The monoisotopic (exact) mass is 359 g/mol. The smallest absolute Gasteiger partial charge is 0.279 e. The molecular weight excluding hydrogens is 332 g/mol. The van der Waals surface area contributed by atoms with E-state index in [1.807, 2.05) is 36.9 Å². The largest absolute Gasteiger partial charge is 0.344 e. The Bertz CT molecular complexity index is 690. The summed E-state index contributed by atoms with van der Waals surface area (Å²) in [5.74, 6) is -0.0362. The number of nitrogens with zero attached hydrogens (tertiary/aromatic N) is 1. The van der Waals surface area contributed by atoms with Crippen LogP contribution >= 0.6 is 0 Å². The molecular formula is C19H27N4O3+. The normalized spacial score (nSPS) is 20.8. The number of para-hydroxylation sites is 1. The Morgan fingerprint density at radius 2 is 1.88 bits per heavy atom. The summed E-state index contributed by atoms with van der Waals surface area (Å²) in [6, 6.07) is 5.59. The summed E-state index contributed by atoms with van der Waals surface area (Å²) in [6.45, 7) is 7.10.